The molecular formula is C14H20N4O3. The molecule has 1 aromatic carbocycles. The summed E-state index contributed by atoms with van der Waals surface area (Å²) in [5.74, 6) is 0.382. The summed E-state index contributed by atoms with van der Waals surface area (Å²) in [7, 11) is 0. The first-order chi connectivity index (χ1) is 9.90. The smallest absolute Gasteiger partial charge is 0.320 e. The maximum Gasteiger partial charge on any atom is 0.320 e. The Hall–Kier alpha value is -2.24. The third kappa shape index (κ3) is 7.81. The van der Waals surface area contributed by atoms with E-state index in [9.17, 15) is 4.79 Å². The number of hydrogen-bond donors (Lipinski definition) is 1. The van der Waals surface area contributed by atoms with Crippen molar-refractivity contribution in [2.75, 3.05) is 19.7 Å². The molecule has 1 aromatic rings. The number of esters is 1. The highest BCUT2D eigenvalue weighted by atomic mass is 16.6. The first kappa shape index (κ1) is 16.8. The fourth-order valence-corrected chi connectivity index (χ4v) is 1.47. The zero-order chi connectivity index (χ0) is 15.7. The Labute approximate surface area is 123 Å². The Morgan fingerprint density at radius 1 is 1.33 bits per heavy atom. The molecule has 0 atom stereocenters. The zero-order valence-corrected chi connectivity index (χ0v) is 12.5. The quantitative estimate of drug-likeness (QED) is 0.275. The Balaban J connectivity index is 2.19. The van der Waals surface area contributed by atoms with Crippen LogP contribution in [0.15, 0.2) is 29.4 Å². The number of rotatable bonds is 7. The number of carbonyl (C=O) groups is 1. The lowest BCUT2D eigenvalue weighted by atomic mass is 10.2. The lowest BCUT2D eigenvalue weighted by Gasteiger charge is -2.19. The first-order valence-electron chi connectivity index (χ1n) is 6.61. The summed E-state index contributed by atoms with van der Waals surface area (Å²) in [5.41, 5.74) is 8.35. The van der Waals surface area contributed by atoms with Crippen molar-refractivity contribution in [3.05, 3.63) is 34.7 Å². The summed E-state index contributed by atoms with van der Waals surface area (Å²) in [6.07, 6.45) is 0. The monoisotopic (exact) mass is 292 g/mol. The van der Waals surface area contributed by atoms with Gasteiger partial charge in [-0.05, 0) is 50.6 Å². The van der Waals surface area contributed by atoms with Gasteiger partial charge in [0.2, 0.25) is 0 Å². The van der Waals surface area contributed by atoms with Gasteiger partial charge >= 0.3 is 5.97 Å². The van der Waals surface area contributed by atoms with Gasteiger partial charge < -0.3 is 14.8 Å². The minimum absolute atomic E-state index is 0.149. The van der Waals surface area contributed by atoms with Crippen molar-refractivity contribution in [1.29, 1.82) is 0 Å². The van der Waals surface area contributed by atoms with Gasteiger partial charge in [0.25, 0.3) is 0 Å². The summed E-state index contributed by atoms with van der Waals surface area (Å²) in [5, 5.41) is 6.41. The van der Waals surface area contributed by atoms with Crippen LogP contribution in [0.3, 0.4) is 0 Å². The topological polar surface area (TPSA) is 96.3 Å². The molecule has 7 heteroatoms. The minimum atomic E-state index is -0.469. The molecule has 0 aliphatic carbocycles. The molecule has 0 radical (unpaired) electrons. The van der Waals surface area contributed by atoms with Crippen molar-refractivity contribution in [3.63, 3.8) is 0 Å². The van der Waals surface area contributed by atoms with E-state index in [1.54, 1.807) is 24.3 Å². The number of azide groups is 1. The van der Waals surface area contributed by atoms with Gasteiger partial charge in [-0.15, -0.1) is 0 Å². The molecule has 0 amide bonds. The van der Waals surface area contributed by atoms with Crippen LogP contribution in [0.2, 0.25) is 0 Å². The van der Waals surface area contributed by atoms with Crippen LogP contribution in [-0.2, 0) is 9.53 Å². The van der Waals surface area contributed by atoms with Gasteiger partial charge in [0.15, 0.2) is 0 Å². The Morgan fingerprint density at radius 2 is 2.00 bits per heavy atom. The van der Waals surface area contributed by atoms with Crippen LogP contribution in [0.4, 0.5) is 5.69 Å². The van der Waals surface area contributed by atoms with E-state index >= 15 is 0 Å². The van der Waals surface area contributed by atoms with Crippen molar-refractivity contribution in [2.45, 2.75) is 26.4 Å². The van der Waals surface area contributed by atoms with Crippen LogP contribution in [0, 0.1) is 0 Å². The fourth-order valence-electron chi connectivity index (χ4n) is 1.47. The van der Waals surface area contributed by atoms with Gasteiger partial charge in [0.05, 0.1) is 6.54 Å². The summed E-state index contributed by atoms with van der Waals surface area (Å²) in [6, 6.07) is 6.78. The van der Waals surface area contributed by atoms with Crippen LogP contribution in [-0.4, -0.2) is 31.3 Å². The third-order valence-electron chi connectivity index (χ3n) is 2.23. The summed E-state index contributed by atoms with van der Waals surface area (Å²) in [6.45, 7) is 6.58. The van der Waals surface area contributed by atoms with E-state index in [2.05, 4.69) is 15.3 Å². The number of hydrogen-bond acceptors (Lipinski definition) is 5. The molecule has 0 aromatic heterocycles. The second-order valence-corrected chi connectivity index (χ2v) is 5.30. The molecule has 114 valence electrons. The maximum absolute atomic E-state index is 11.4. The van der Waals surface area contributed by atoms with Crippen LogP contribution >= 0.6 is 0 Å². The van der Waals surface area contributed by atoms with E-state index in [1.165, 1.54) is 0 Å². The number of nitrogens with one attached hydrogen (secondary N) is 1. The molecule has 1 rings (SSSR count). The van der Waals surface area contributed by atoms with E-state index in [-0.39, 0.29) is 12.5 Å². The number of carbonyl (C=O) groups excluding carboxylic acids is 1. The van der Waals surface area contributed by atoms with Crippen molar-refractivity contribution in [2.24, 2.45) is 5.11 Å². The molecule has 21 heavy (non-hydrogen) atoms. The normalized spacial score (nSPS) is 10.6. The number of nitrogens with zero attached hydrogens (tertiary/aromatic N) is 3. The molecule has 0 heterocycles. The summed E-state index contributed by atoms with van der Waals surface area (Å²) in [4.78, 5) is 14.1. The molecule has 0 spiro atoms. The van der Waals surface area contributed by atoms with E-state index < -0.39 is 5.60 Å². The second kappa shape index (κ2) is 8.14. The predicted molar refractivity (Wildman–Crippen MR) is 79.5 cm³/mol. The maximum atomic E-state index is 11.4. The zero-order valence-electron chi connectivity index (χ0n) is 12.5. The number of benzene rings is 1. The van der Waals surface area contributed by atoms with Crippen molar-refractivity contribution in [1.82, 2.24) is 5.32 Å². The Kier molecular flexibility index (Phi) is 6.52. The minimum Gasteiger partial charge on any atom is -0.492 e. The molecule has 0 aliphatic heterocycles. The fraction of sp³-hybridized carbons (Fsp3) is 0.500. The molecule has 7 nitrogen and oxygen atoms in total. The Morgan fingerprint density at radius 3 is 2.57 bits per heavy atom. The van der Waals surface area contributed by atoms with Crippen LogP contribution < -0.4 is 10.1 Å². The van der Waals surface area contributed by atoms with Gasteiger partial charge in [-0.1, -0.05) is 5.11 Å². The van der Waals surface area contributed by atoms with Gasteiger partial charge in [-0.25, -0.2) is 0 Å². The molecule has 0 aliphatic rings. The van der Waals surface area contributed by atoms with Gasteiger partial charge in [-0.2, -0.15) is 0 Å². The average molecular weight is 292 g/mol. The van der Waals surface area contributed by atoms with Crippen LogP contribution in [0.1, 0.15) is 20.8 Å². The Bertz CT molecular complexity index is 502. The average Bonchev–Trinajstić information content (AvgIpc) is 2.38. The largest absolute Gasteiger partial charge is 0.492 e. The third-order valence-corrected chi connectivity index (χ3v) is 2.23. The lowest BCUT2D eigenvalue weighted by molar-refractivity contribution is -0.153. The standard InChI is InChI=1S/C14H20N4O3/c1-14(2,3)21-13(19)10-16-8-9-20-12-6-4-11(5-7-12)17-18-15/h4-7,16H,8-10H2,1-3H3. The summed E-state index contributed by atoms with van der Waals surface area (Å²) >= 11 is 0. The van der Waals surface area contributed by atoms with Crippen LogP contribution in [0.5, 0.6) is 5.75 Å². The van der Waals surface area contributed by atoms with E-state index in [0.717, 1.165) is 0 Å². The molecule has 0 fully saturated rings. The van der Waals surface area contributed by atoms with Crippen molar-refractivity contribution in [3.8, 4) is 5.75 Å². The van der Waals surface area contributed by atoms with E-state index in [0.29, 0.717) is 24.6 Å². The molecule has 0 saturated carbocycles. The highest BCUT2D eigenvalue weighted by Gasteiger charge is 2.15. The highest BCUT2D eigenvalue weighted by Crippen LogP contribution is 2.17. The molecule has 1 N–H and O–H groups in total. The molecule has 0 saturated heterocycles. The lowest BCUT2D eigenvalue weighted by Crippen LogP contribution is -2.33. The van der Waals surface area contributed by atoms with Crippen molar-refractivity contribution < 1.29 is 14.3 Å². The highest BCUT2D eigenvalue weighted by molar-refractivity contribution is 5.72. The van der Waals surface area contributed by atoms with Gasteiger partial charge in [-0.3, -0.25) is 4.79 Å². The SMILES string of the molecule is CC(C)(C)OC(=O)CNCCOc1ccc(N=[N+]=[N-])cc1. The van der Waals surface area contributed by atoms with Crippen LogP contribution in [0.25, 0.3) is 10.4 Å². The molecule has 0 bridgehead atoms. The van der Waals surface area contributed by atoms with E-state index in [1.807, 2.05) is 20.8 Å². The second-order valence-electron chi connectivity index (χ2n) is 5.30. The summed E-state index contributed by atoms with van der Waals surface area (Å²) < 4.78 is 10.6. The predicted octanol–water partition coefficient (Wildman–Crippen LogP) is 2.94. The molecule has 0 unspecified atom stereocenters. The molecular weight excluding hydrogens is 272 g/mol. The van der Waals surface area contributed by atoms with Gasteiger partial charge in [0, 0.05) is 17.1 Å². The first-order valence-corrected chi connectivity index (χ1v) is 6.61. The van der Waals surface area contributed by atoms with Gasteiger partial charge in [0.1, 0.15) is 18.0 Å². The van der Waals surface area contributed by atoms with Crippen molar-refractivity contribution >= 4 is 11.7 Å². The number of ether oxygens (including phenoxy) is 2. The van der Waals surface area contributed by atoms with E-state index in [4.69, 9.17) is 15.0 Å².